The first-order valence-corrected chi connectivity index (χ1v) is 9.77. The van der Waals surface area contributed by atoms with Crippen LogP contribution in [0.25, 0.3) is 10.8 Å². The Bertz CT molecular complexity index is 736. The second-order valence-electron chi connectivity index (χ2n) is 7.20. The molecule has 2 saturated heterocycles. The molecular weight excluding hydrogens is 328 g/mol. The van der Waals surface area contributed by atoms with Crippen molar-refractivity contribution < 1.29 is 18.9 Å². The van der Waals surface area contributed by atoms with E-state index in [0.29, 0.717) is 25.4 Å². The van der Waals surface area contributed by atoms with Gasteiger partial charge in [-0.15, -0.1) is 0 Å². The summed E-state index contributed by atoms with van der Waals surface area (Å²) in [6.07, 6.45) is 2.74. The maximum absolute atomic E-state index is 6.12. The van der Waals surface area contributed by atoms with Crippen LogP contribution in [0.15, 0.2) is 36.4 Å². The van der Waals surface area contributed by atoms with E-state index in [1.54, 1.807) is 0 Å². The molecule has 4 heteroatoms. The lowest BCUT2D eigenvalue weighted by atomic mass is 9.95. The van der Waals surface area contributed by atoms with E-state index in [-0.39, 0.29) is 12.2 Å². The Balaban J connectivity index is 1.55. The highest BCUT2D eigenvalue weighted by molar-refractivity contribution is 5.86. The highest BCUT2D eigenvalue weighted by Crippen LogP contribution is 2.32. The second-order valence-corrected chi connectivity index (χ2v) is 7.20. The molecule has 140 valence electrons. The van der Waals surface area contributed by atoms with Crippen molar-refractivity contribution in [1.82, 2.24) is 0 Å². The van der Waals surface area contributed by atoms with Gasteiger partial charge in [0.05, 0.1) is 38.6 Å². The van der Waals surface area contributed by atoms with Crippen LogP contribution in [-0.2, 0) is 18.9 Å². The molecule has 0 spiro atoms. The lowest BCUT2D eigenvalue weighted by molar-refractivity contribution is 0.0394. The summed E-state index contributed by atoms with van der Waals surface area (Å²) < 4.78 is 22.7. The van der Waals surface area contributed by atoms with Crippen LogP contribution >= 0.6 is 0 Å². The van der Waals surface area contributed by atoms with Gasteiger partial charge in [0, 0.05) is 0 Å². The zero-order valence-electron chi connectivity index (χ0n) is 15.6. The normalized spacial score (nSPS) is 23.8. The van der Waals surface area contributed by atoms with Gasteiger partial charge in [0.1, 0.15) is 12.2 Å². The molecule has 2 aromatic carbocycles. The summed E-state index contributed by atoms with van der Waals surface area (Å²) in [5, 5.41) is 2.51. The molecule has 0 N–H and O–H groups in total. The fraction of sp³-hybridized carbons (Fsp3) is 0.545. The van der Waals surface area contributed by atoms with Crippen molar-refractivity contribution in [3.8, 4) is 0 Å². The Morgan fingerprint density at radius 2 is 1.58 bits per heavy atom. The number of epoxide rings is 2. The van der Waals surface area contributed by atoms with Crippen molar-refractivity contribution in [2.45, 2.75) is 51.1 Å². The van der Waals surface area contributed by atoms with Gasteiger partial charge >= 0.3 is 0 Å². The molecule has 2 heterocycles. The lowest BCUT2D eigenvalue weighted by Crippen LogP contribution is -2.10. The van der Waals surface area contributed by atoms with Gasteiger partial charge in [-0.05, 0) is 40.8 Å². The highest BCUT2D eigenvalue weighted by atomic mass is 16.6. The molecule has 0 saturated carbocycles. The number of hydrogen-bond acceptors (Lipinski definition) is 4. The molecule has 0 bridgehead atoms. The van der Waals surface area contributed by atoms with Crippen LogP contribution < -0.4 is 0 Å². The van der Waals surface area contributed by atoms with Crippen LogP contribution in [0.2, 0.25) is 0 Å². The van der Waals surface area contributed by atoms with Crippen molar-refractivity contribution in [2.24, 2.45) is 0 Å². The van der Waals surface area contributed by atoms with Crippen molar-refractivity contribution >= 4 is 10.8 Å². The predicted octanol–water partition coefficient (Wildman–Crippen LogP) is 4.57. The average Bonchev–Trinajstić information content (AvgIpc) is 3.57. The number of hydrogen-bond donors (Lipinski definition) is 0. The molecular formula is C22H28O4. The first-order valence-electron chi connectivity index (χ1n) is 9.77. The summed E-state index contributed by atoms with van der Waals surface area (Å²) in [4.78, 5) is 0. The summed E-state index contributed by atoms with van der Waals surface area (Å²) in [5.41, 5.74) is 2.50. The van der Waals surface area contributed by atoms with Crippen molar-refractivity contribution in [1.29, 1.82) is 0 Å². The largest absolute Gasteiger partial charge is 0.371 e. The summed E-state index contributed by atoms with van der Waals surface area (Å²) >= 11 is 0. The zero-order valence-corrected chi connectivity index (χ0v) is 15.6. The molecule has 2 aliphatic rings. The Labute approximate surface area is 155 Å². The fourth-order valence-electron chi connectivity index (χ4n) is 3.46. The van der Waals surface area contributed by atoms with Crippen LogP contribution in [0, 0.1) is 0 Å². The molecule has 26 heavy (non-hydrogen) atoms. The molecule has 4 nitrogen and oxygen atoms in total. The van der Waals surface area contributed by atoms with Gasteiger partial charge in [-0.1, -0.05) is 44.2 Å². The molecule has 2 fully saturated rings. The average molecular weight is 356 g/mol. The monoisotopic (exact) mass is 356 g/mol. The first kappa shape index (κ1) is 17.9. The minimum atomic E-state index is 0.110. The molecule has 4 atom stereocenters. The van der Waals surface area contributed by atoms with E-state index < -0.39 is 0 Å². The van der Waals surface area contributed by atoms with Crippen molar-refractivity contribution in [3.05, 3.63) is 47.5 Å². The van der Waals surface area contributed by atoms with Gasteiger partial charge in [-0.25, -0.2) is 0 Å². The molecule has 0 aromatic heterocycles. The molecule has 4 unspecified atom stereocenters. The van der Waals surface area contributed by atoms with E-state index in [9.17, 15) is 0 Å². The predicted molar refractivity (Wildman–Crippen MR) is 101 cm³/mol. The Kier molecular flexibility index (Phi) is 5.55. The third-order valence-electron chi connectivity index (χ3n) is 5.17. The van der Waals surface area contributed by atoms with Crippen LogP contribution in [0.4, 0.5) is 0 Å². The Morgan fingerprint density at radius 1 is 0.923 bits per heavy atom. The third kappa shape index (κ3) is 4.26. The van der Waals surface area contributed by atoms with Gasteiger partial charge in [0.15, 0.2) is 0 Å². The van der Waals surface area contributed by atoms with E-state index in [2.05, 4.69) is 50.2 Å². The maximum atomic E-state index is 6.12. The van der Waals surface area contributed by atoms with E-state index >= 15 is 0 Å². The van der Waals surface area contributed by atoms with Crippen LogP contribution in [0.5, 0.6) is 0 Å². The molecule has 0 amide bonds. The van der Waals surface area contributed by atoms with E-state index in [1.165, 1.54) is 21.9 Å². The summed E-state index contributed by atoms with van der Waals surface area (Å²) in [6.45, 7) is 7.38. The molecule has 2 aromatic rings. The minimum absolute atomic E-state index is 0.110. The van der Waals surface area contributed by atoms with Gasteiger partial charge in [-0.2, -0.15) is 0 Å². The second kappa shape index (κ2) is 8.05. The smallest absolute Gasteiger partial charge is 0.104 e. The number of ether oxygens (including phenoxy) is 4. The third-order valence-corrected chi connectivity index (χ3v) is 5.17. The molecule has 4 rings (SSSR count). The number of benzene rings is 2. The van der Waals surface area contributed by atoms with Crippen LogP contribution in [-0.4, -0.2) is 38.6 Å². The Morgan fingerprint density at radius 3 is 2.19 bits per heavy atom. The standard InChI is InChI=1S/C22H28O4/c1-3-21(25-13-17-11-23-17)16-8-9-19-15(10-16)6-5-7-20(19)22(4-2)26-14-18-12-24-18/h5-10,17-18,21-22H,3-4,11-14H2,1-2H3. The maximum Gasteiger partial charge on any atom is 0.104 e. The zero-order chi connectivity index (χ0) is 17.9. The van der Waals surface area contributed by atoms with E-state index in [4.69, 9.17) is 18.9 Å². The summed E-state index contributed by atoms with van der Waals surface area (Å²) in [7, 11) is 0. The van der Waals surface area contributed by atoms with Crippen molar-refractivity contribution in [3.63, 3.8) is 0 Å². The van der Waals surface area contributed by atoms with Crippen LogP contribution in [0.1, 0.15) is 50.0 Å². The quantitative estimate of drug-likeness (QED) is 0.585. The summed E-state index contributed by atoms with van der Waals surface area (Å²) in [6, 6.07) is 13.2. The fourth-order valence-corrected chi connectivity index (χ4v) is 3.46. The summed E-state index contributed by atoms with van der Waals surface area (Å²) in [5.74, 6) is 0. The van der Waals surface area contributed by atoms with Crippen LogP contribution in [0.3, 0.4) is 0 Å². The van der Waals surface area contributed by atoms with Gasteiger partial charge in [-0.3, -0.25) is 0 Å². The number of fused-ring (bicyclic) bond motifs is 1. The lowest BCUT2D eigenvalue weighted by Gasteiger charge is -2.20. The topological polar surface area (TPSA) is 43.5 Å². The molecule has 2 aliphatic heterocycles. The Hall–Kier alpha value is -1.46. The van der Waals surface area contributed by atoms with E-state index in [1.807, 2.05) is 0 Å². The van der Waals surface area contributed by atoms with Gasteiger partial charge in [0.25, 0.3) is 0 Å². The van der Waals surface area contributed by atoms with E-state index in [0.717, 1.165) is 26.1 Å². The van der Waals surface area contributed by atoms with Crippen molar-refractivity contribution in [2.75, 3.05) is 26.4 Å². The minimum Gasteiger partial charge on any atom is -0.371 e. The molecule has 0 aliphatic carbocycles. The SMILES string of the molecule is CCC(OCC1CO1)c1ccc2c(C(CC)OCC3CO3)cccc2c1. The number of rotatable bonds is 10. The molecule has 0 radical (unpaired) electrons. The van der Waals surface area contributed by atoms with Gasteiger partial charge in [0.2, 0.25) is 0 Å². The first-order chi connectivity index (χ1) is 12.8. The highest BCUT2D eigenvalue weighted by Gasteiger charge is 2.26. The van der Waals surface area contributed by atoms with Gasteiger partial charge < -0.3 is 18.9 Å².